The van der Waals surface area contributed by atoms with Crippen molar-refractivity contribution in [2.75, 3.05) is 0 Å². The van der Waals surface area contributed by atoms with Gasteiger partial charge in [0.25, 0.3) is 0 Å². The van der Waals surface area contributed by atoms with Crippen LogP contribution in [-0.2, 0) is 0 Å². The first-order chi connectivity index (χ1) is 5.24. The number of hydrogen-bond acceptors (Lipinski definition) is 2. The van der Waals surface area contributed by atoms with Crippen molar-refractivity contribution in [1.82, 2.24) is 0 Å². The molecule has 1 atom stereocenters. The van der Waals surface area contributed by atoms with Gasteiger partial charge in [0.05, 0.1) is 5.71 Å². The number of allylic oxidation sites excluding steroid dienone is 2. The molecule has 0 bridgehead atoms. The molecule has 1 unspecified atom stereocenters. The Labute approximate surface area is 67.6 Å². The Morgan fingerprint density at radius 2 is 2.45 bits per heavy atom. The highest BCUT2D eigenvalue weighted by Crippen LogP contribution is 2.23. The number of hydrogen-bond donors (Lipinski definition) is 1. The zero-order valence-electron chi connectivity index (χ0n) is 7.17. The minimum atomic E-state index is 0.775. The number of oxime groups is 1. The second-order valence-electron chi connectivity index (χ2n) is 3.29. The molecule has 0 aromatic rings. The van der Waals surface area contributed by atoms with Gasteiger partial charge in [-0.3, -0.25) is 0 Å². The lowest BCUT2D eigenvalue weighted by molar-refractivity contribution is 0.318. The molecule has 2 nitrogen and oxygen atoms in total. The van der Waals surface area contributed by atoms with E-state index in [0.717, 1.165) is 24.5 Å². The van der Waals surface area contributed by atoms with Crippen molar-refractivity contribution < 1.29 is 5.21 Å². The summed E-state index contributed by atoms with van der Waals surface area (Å²) in [5, 5.41) is 11.7. The lowest BCUT2D eigenvalue weighted by atomic mass is 9.89. The normalized spacial score (nSPS) is 26.5. The summed E-state index contributed by atoms with van der Waals surface area (Å²) in [6, 6.07) is 0. The molecular weight excluding hydrogens is 138 g/mol. The molecule has 62 valence electrons. The highest BCUT2D eigenvalue weighted by Gasteiger charge is 2.11. The maximum Gasteiger partial charge on any atom is 0.0793 e. The smallest absolute Gasteiger partial charge is 0.0793 e. The average Bonchev–Trinajstić information content (AvgIpc) is 2.05. The predicted octanol–water partition coefficient (Wildman–Crippen LogP) is 2.58. The van der Waals surface area contributed by atoms with Gasteiger partial charge in [0.1, 0.15) is 0 Å². The van der Waals surface area contributed by atoms with Crippen molar-refractivity contribution in [2.45, 2.75) is 33.1 Å². The maximum absolute atomic E-state index is 8.50. The lowest BCUT2D eigenvalue weighted by Gasteiger charge is -2.16. The van der Waals surface area contributed by atoms with E-state index in [0.29, 0.717) is 0 Å². The van der Waals surface area contributed by atoms with Crippen LogP contribution in [0.2, 0.25) is 0 Å². The van der Waals surface area contributed by atoms with Gasteiger partial charge in [-0.15, -0.1) is 0 Å². The van der Waals surface area contributed by atoms with Gasteiger partial charge in [-0.1, -0.05) is 18.2 Å². The van der Waals surface area contributed by atoms with Crippen molar-refractivity contribution in [3.8, 4) is 0 Å². The fourth-order valence-electron chi connectivity index (χ4n) is 1.36. The van der Waals surface area contributed by atoms with Gasteiger partial charge >= 0.3 is 0 Å². The van der Waals surface area contributed by atoms with E-state index in [9.17, 15) is 0 Å². The van der Waals surface area contributed by atoms with Gasteiger partial charge in [-0.05, 0) is 37.7 Å². The van der Waals surface area contributed by atoms with Gasteiger partial charge in [0.15, 0.2) is 0 Å². The van der Waals surface area contributed by atoms with Gasteiger partial charge in [-0.2, -0.15) is 0 Å². The van der Waals surface area contributed by atoms with Crippen molar-refractivity contribution in [2.24, 2.45) is 11.1 Å². The van der Waals surface area contributed by atoms with Crippen LogP contribution >= 0.6 is 0 Å². The Bertz CT molecular complexity index is 194. The van der Waals surface area contributed by atoms with Crippen molar-refractivity contribution >= 4 is 5.71 Å². The summed E-state index contributed by atoms with van der Waals surface area (Å²) in [5.41, 5.74) is 1.99. The molecule has 0 amide bonds. The standard InChI is InChI=1S/C9H15NO/c1-7-3-5-9(6-4-7)8(2)10-11/h5,7,11H,3-4,6H2,1-2H3. The zero-order valence-corrected chi connectivity index (χ0v) is 7.17. The molecule has 0 aromatic heterocycles. The molecule has 0 spiro atoms. The van der Waals surface area contributed by atoms with Crippen LogP contribution in [0.1, 0.15) is 33.1 Å². The molecule has 1 N–H and O–H groups in total. The van der Waals surface area contributed by atoms with Crippen LogP contribution in [0, 0.1) is 5.92 Å². The molecule has 0 fully saturated rings. The van der Waals surface area contributed by atoms with E-state index in [2.05, 4.69) is 18.2 Å². The first kappa shape index (κ1) is 8.31. The molecule has 1 aliphatic rings. The Balaban J connectivity index is 2.61. The van der Waals surface area contributed by atoms with E-state index in [1.54, 1.807) is 0 Å². The van der Waals surface area contributed by atoms with E-state index >= 15 is 0 Å². The van der Waals surface area contributed by atoms with Gasteiger partial charge in [0, 0.05) is 0 Å². The molecule has 0 radical (unpaired) electrons. The van der Waals surface area contributed by atoms with Crippen LogP contribution in [0.3, 0.4) is 0 Å². The van der Waals surface area contributed by atoms with E-state index in [-0.39, 0.29) is 0 Å². The average molecular weight is 153 g/mol. The first-order valence-corrected chi connectivity index (χ1v) is 4.12. The Hall–Kier alpha value is -0.790. The lowest BCUT2D eigenvalue weighted by Crippen LogP contribution is -2.06. The number of nitrogens with zero attached hydrogens (tertiary/aromatic N) is 1. The van der Waals surface area contributed by atoms with Crippen LogP contribution in [-0.4, -0.2) is 10.9 Å². The molecule has 0 saturated carbocycles. The molecule has 1 rings (SSSR count). The van der Waals surface area contributed by atoms with Crippen LogP contribution < -0.4 is 0 Å². The number of rotatable bonds is 1. The van der Waals surface area contributed by atoms with Crippen molar-refractivity contribution in [3.63, 3.8) is 0 Å². The molecule has 0 heterocycles. The highest BCUT2D eigenvalue weighted by atomic mass is 16.4. The summed E-state index contributed by atoms with van der Waals surface area (Å²) >= 11 is 0. The molecule has 0 aromatic carbocycles. The van der Waals surface area contributed by atoms with Crippen LogP contribution in [0.4, 0.5) is 0 Å². The summed E-state index contributed by atoms with van der Waals surface area (Å²) < 4.78 is 0. The summed E-state index contributed by atoms with van der Waals surface area (Å²) in [6.45, 7) is 4.10. The summed E-state index contributed by atoms with van der Waals surface area (Å²) in [5.74, 6) is 0.797. The summed E-state index contributed by atoms with van der Waals surface area (Å²) in [4.78, 5) is 0. The monoisotopic (exact) mass is 153 g/mol. The van der Waals surface area contributed by atoms with Gasteiger partial charge in [0.2, 0.25) is 0 Å². The SMILES string of the molecule is CC(=NO)C1=CCC(C)CC1. The minimum absolute atomic E-state index is 0.775. The molecular formula is C9H15NO. The van der Waals surface area contributed by atoms with E-state index in [1.807, 2.05) is 6.92 Å². The maximum atomic E-state index is 8.50. The molecule has 2 heteroatoms. The fourth-order valence-corrected chi connectivity index (χ4v) is 1.36. The molecule has 11 heavy (non-hydrogen) atoms. The van der Waals surface area contributed by atoms with E-state index in [1.165, 1.54) is 12.0 Å². The second-order valence-corrected chi connectivity index (χ2v) is 3.29. The molecule has 0 aliphatic heterocycles. The minimum Gasteiger partial charge on any atom is -0.411 e. The Kier molecular flexibility index (Phi) is 2.69. The molecule has 1 aliphatic carbocycles. The zero-order chi connectivity index (χ0) is 8.27. The summed E-state index contributed by atoms with van der Waals surface area (Å²) in [7, 11) is 0. The fraction of sp³-hybridized carbons (Fsp3) is 0.667. The predicted molar refractivity (Wildman–Crippen MR) is 46.0 cm³/mol. The van der Waals surface area contributed by atoms with Crippen LogP contribution in [0.5, 0.6) is 0 Å². The third-order valence-corrected chi connectivity index (χ3v) is 2.29. The summed E-state index contributed by atoms with van der Waals surface area (Å²) in [6.07, 6.45) is 5.60. The van der Waals surface area contributed by atoms with Crippen LogP contribution in [0.15, 0.2) is 16.8 Å². The van der Waals surface area contributed by atoms with Crippen molar-refractivity contribution in [3.05, 3.63) is 11.6 Å². The third kappa shape index (κ3) is 2.07. The van der Waals surface area contributed by atoms with E-state index in [4.69, 9.17) is 5.21 Å². The highest BCUT2D eigenvalue weighted by molar-refractivity contribution is 5.97. The first-order valence-electron chi connectivity index (χ1n) is 4.12. The van der Waals surface area contributed by atoms with Gasteiger partial charge < -0.3 is 5.21 Å². The van der Waals surface area contributed by atoms with E-state index < -0.39 is 0 Å². The Morgan fingerprint density at radius 3 is 2.91 bits per heavy atom. The second kappa shape index (κ2) is 3.56. The third-order valence-electron chi connectivity index (χ3n) is 2.29. The van der Waals surface area contributed by atoms with Crippen LogP contribution in [0.25, 0.3) is 0 Å². The quantitative estimate of drug-likeness (QED) is 0.350. The largest absolute Gasteiger partial charge is 0.411 e. The Morgan fingerprint density at radius 1 is 1.73 bits per heavy atom. The topological polar surface area (TPSA) is 32.6 Å². The molecule has 0 saturated heterocycles. The van der Waals surface area contributed by atoms with Crippen molar-refractivity contribution in [1.29, 1.82) is 0 Å². The van der Waals surface area contributed by atoms with Gasteiger partial charge in [-0.25, -0.2) is 0 Å².